The molecule has 1 amide bonds. The smallest absolute Gasteiger partial charge is 0.252 e. The number of nitrogens with zero attached hydrogens (tertiary/aromatic N) is 1. The Morgan fingerprint density at radius 3 is 2.17 bits per heavy atom. The van der Waals surface area contributed by atoms with E-state index in [1.165, 1.54) is 12.1 Å². The minimum Gasteiger partial charge on any atom is -0.494 e. The van der Waals surface area contributed by atoms with Crippen LogP contribution in [0.2, 0.25) is 0 Å². The van der Waals surface area contributed by atoms with Crippen molar-refractivity contribution in [3.63, 3.8) is 0 Å². The fraction of sp³-hybridized carbons (Fsp3) is 0.171. The SMILES string of the molecule is O=C(NCc1ccc(F)cc1)[C@]1(C/C=C/c2ccccc2)N=C(c2ccc(OCCCO)cc2)O[C@@H]1c1ccc(-c2ccccc2)cc1. The van der Waals surface area contributed by atoms with Crippen molar-refractivity contribution in [1.82, 2.24) is 5.32 Å². The number of hydrogen-bond acceptors (Lipinski definition) is 5. The van der Waals surface area contributed by atoms with Crippen molar-refractivity contribution in [2.75, 3.05) is 13.2 Å². The van der Waals surface area contributed by atoms with Gasteiger partial charge < -0.3 is 19.9 Å². The third-order valence-electron chi connectivity index (χ3n) is 8.26. The first-order chi connectivity index (χ1) is 23.5. The van der Waals surface area contributed by atoms with Crippen LogP contribution in [-0.4, -0.2) is 35.7 Å². The van der Waals surface area contributed by atoms with Crippen LogP contribution >= 0.6 is 0 Å². The summed E-state index contributed by atoms with van der Waals surface area (Å²) in [5, 5.41) is 12.2. The zero-order chi connectivity index (χ0) is 33.2. The molecule has 0 unspecified atom stereocenters. The number of aliphatic hydroxyl groups excluding tert-OH is 1. The van der Waals surface area contributed by atoms with Crippen molar-refractivity contribution in [1.29, 1.82) is 0 Å². The Balaban J connectivity index is 1.38. The van der Waals surface area contributed by atoms with E-state index < -0.39 is 11.6 Å². The second-order valence-electron chi connectivity index (χ2n) is 11.6. The number of ether oxygens (including phenoxy) is 2. The highest BCUT2D eigenvalue weighted by Gasteiger charge is 2.52. The van der Waals surface area contributed by atoms with Crippen molar-refractivity contribution in [2.24, 2.45) is 4.99 Å². The zero-order valence-electron chi connectivity index (χ0n) is 26.5. The lowest BCUT2D eigenvalue weighted by molar-refractivity contribution is -0.129. The van der Waals surface area contributed by atoms with Crippen molar-refractivity contribution in [3.8, 4) is 16.9 Å². The number of hydrogen-bond donors (Lipinski definition) is 2. The summed E-state index contributed by atoms with van der Waals surface area (Å²) in [6.07, 6.45) is 4.00. The van der Waals surface area contributed by atoms with Gasteiger partial charge in [0.15, 0.2) is 11.6 Å². The minimum atomic E-state index is -1.36. The first-order valence-electron chi connectivity index (χ1n) is 16.0. The predicted octanol–water partition coefficient (Wildman–Crippen LogP) is 7.93. The Kier molecular flexibility index (Phi) is 10.4. The van der Waals surface area contributed by atoms with Crippen molar-refractivity contribution in [2.45, 2.75) is 31.0 Å². The van der Waals surface area contributed by atoms with Gasteiger partial charge in [-0.15, -0.1) is 0 Å². The number of nitrogens with one attached hydrogen (secondary N) is 1. The van der Waals surface area contributed by atoms with Crippen molar-refractivity contribution < 1.29 is 23.8 Å². The molecular weight excluding hydrogens is 603 g/mol. The lowest BCUT2D eigenvalue weighted by Gasteiger charge is -2.30. The number of aliphatic hydroxyl groups is 1. The first-order valence-corrected chi connectivity index (χ1v) is 16.0. The Morgan fingerprint density at radius 1 is 0.833 bits per heavy atom. The molecule has 5 aromatic carbocycles. The monoisotopic (exact) mass is 640 g/mol. The maximum atomic E-state index is 14.5. The molecule has 1 aliphatic rings. The number of amides is 1. The van der Waals surface area contributed by atoms with E-state index in [1.807, 2.05) is 109 Å². The number of carbonyl (C=O) groups is 1. The summed E-state index contributed by atoms with van der Waals surface area (Å²) in [4.78, 5) is 19.5. The Morgan fingerprint density at radius 2 is 1.48 bits per heavy atom. The molecule has 5 aromatic rings. The maximum absolute atomic E-state index is 14.5. The zero-order valence-corrected chi connectivity index (χ0v) is 26.5. The van der Waals surface area contributed by atoms with Crippen LogP contribution in [0.3, 0.4) is 0 Å². The van der Waals surface area contributed by atoms with Gasteiger partial charge in [-0.05, 0) is 64.2 Å². The average molecular weight is 641 g/mol. The molecule has 7 heteroatoms. The molecule has 0 radical (unpaired) electrons. The number of benzene rings is 5. The Labute approximate surface area is 280 Å². The Hall–Kier alpha value is -5.53. The quantitative estimate of drug-likeness (QED) is 0.128. The fourth-order valence-electron chi connectivity index (χ4n) is 5.67. The highest BCUT2D eigenvalue weighted by atomic mass is 19.1. The van der Waals surface area contributed by atoms with Gasteiger partial charge in [0.05, 0.1) is 6.61 Å². The van der Waals surface area contributed by atoms with E-state index in [-0.39, 0.29) is 31.3 Å². The molecule has 0 saturated heterocycles. The van der Waals surface area contributed by atoms with Gasteiger partial charge in [0, 0.05) is 31.6 Å². The van der Waals surface area contributed by atoms with Crippen molar-refractivity contribution in [3.05, 3.63) is 168 Å². The molecular formula is C41H37FN2O4. The topological polar surface area (TPSA) is 80.2 Å². The van der Waals surface area contributed by atoms with E-state index in [9.17, 15) is 9.18 Å². The molecule has 0 spiro atoms. The van der Waals surface area contributed by atoms with Gasteiger partial charge in [-0.3, -0.25) is 4.79 Å². The summed E-state index contributed by atoms with van der Waals surface area (Å²) >= 11 is 0. The third kappa shape index (κ3) is 7.70. The van der Waals surface area contributed by atoms with E-state index in [0.717, 1.165) is 27.8 Å². The molecule has 2 atom stereocenters. The average Bonchev–Trinajstić information content (AvgIpc) is 3.53. The van der Waals surface area contributed by atoms with Crippen LogP contribution in [0.4, 0.5) is 4.39 Å². The molecule has 0 fully saturated rings. The van der Waals surface area contributed by atoms with E-state index >= 15 is 0 Å². The molecule has 1 heterocycles. The van der Waals surface area contributed by atoms with Crippen LogP contribution in [0, 0.1) is 5.82 Å². The highest BCUT2D eigenvalue weighted by molar-refractivity contribution is 6.01. The summed E-state index contributed by atoms with van der Waals surface area (Å²) < 4.78 is 26.0. The summed E-state index contributed by atoms with van der Waals surface area (Å²) in [5.41, 5.74) is 4.06. The number of rotatable bonds is 13. The van der Waals surface area contributed by atoms with Gasteiger partial charge in [-0.1, -0.05) is 109 Å². The molecule has 0 saturated carbocycles. The second kappa shape index (κ2) is 15.4. The maximum Gasteiger partial charge on any atom is 0.252 e. The molecule has 2 N–H and O–H groups in total. The molecule has 1 aliphatic heterocycles. The van der Waals surface area contributed by atoms with E-state index in [1.54, 1.807) is 12.1 Å². The molecule has 242 valence electrons. The summed E-state index contributed by atoms with van der Waals surface area (Å²) in [7, 11) is 0. The van der Waals surface area contributed by atoms with Gasteiger partial charge in [0.25, 0.3) is 5.91 Å². The Bertz CT molecular complexity index is 1840. The van der Waals surface area contributed by atoms with Crippen LogP contribution in [0.1, 0.15) is 41.2 Å². The van der Waals surface area contributed by atoms with Gasteiger partial charge in [0.2, 0.25) is 5.90 Å². The predicted molar refractivity (Wildman–Crippen MR) is 187 cm³/mol. The third-order valence-corrected chi connectivity index (χ3v) is 8.26. The van der Waals surface area contributed by atoms with Gasteiger partial charge in [-0.25, -0.2) is 9.38 Å². The summed E-state index contributed by atoms with van der Waals surface area (Å²) in [5.74, 6) is 0.363. The van der Waals surface area contributed by atoms with Crippen LogP contribution in [0.25, 0.3) is 17.2 Å². The standard InChI is InChI=1S/C41H37FN2O4/c42-36-22-14-31(15-23-36)29-43-40(46)41(26-7-11-30-9-3-1-4-10-30)38(34-18-16-33(17-19-34)32-12-5-2-6-13-32)48-39(44-41)35-20-24-37(25-21-35)47-28-8-27-45/h1-7,9-25,38,45H,8,26-29H2,(H,43,46)/b11-7+/t38-,41-/m1/s1. The van der Waals surface area contributed by atoms with Crippen LogP contribution in [0.5, 0.6) is 5.75 Å². The summed E-state index contributed by atoms with van der Waals surface area (Å²) in [6.45, 7) is 0.660. The minimum absolute atomic E-state index is 0.0560. The van der Waals surface area contributed by atoms with Crippen molar-refractivity contribution >= 4 is 17.9 Å². The largest absolute Gasteiger partial charge is 0.494 e. The van der Waals surface area contributed by atoms with Crippen LogP contribution in [-0.2, 0) is 16.1 Å². The van der Waals surface area contributed by atoms with E-state index in [0.29, 0.717) is 30.2 Å². The van der Waals surface area contributed by atoms with Gasteiger partial charge in [-0.2, -0.15) is 0 Å². The lowest BCUT2D eigenvalue weighted by atomic mass is 9.83. The second-order valence-corrected chi connectivity index (χ2v) is 11.6. The number of carbonyl (C=O) groups excluding carboxylic acids is 1. The molecule has 6 nitrogen and oxygen atoms in total. The normalized spacial score (nSPS) is 17.1. The van der Waals surface area contributed by atoms with Crippen LogP contribution in [0.15, 0.2) is 145 Å². The fourth-order valence-corrected chi connectivity index (χ4v) is 5.67. The summed E-state index contributed by atoms with van der Waals surface area (Å²) in [6, 6.07) is 41.5. The van der Waals surface area contributed by atoms with Gasteiger partial charge >= 0.3 is 0 Å². The van der Waals surface area contributed by atoms with E-state index in [2.05, 4.69) is 17.4 Å². The highest BCUT2D eigenvalue weighted by Crippen LogP contribution is 2.43. The molecule has 48 heavy (non-hydrogen) atoms. The molecule has 0 bridgehead atoms. The lowest BCUT2D eigenvalue weighted by Crippen LogP contribution is -2.47. The van der Waals surface area contributed by atoms with Crippen LogP contribution < -0.4 is 10.1 Å². The van der Waals surface area contributed by atoms with E-state index in [4.69, 9.17) is 19.6 Å². The molecule has 6 rings (SSSR count). The number of aliphatic imine (C=N–C) groups is 1. The first kappa shape index (κ1) is 32.4. The number of halogens is 1. The molecule has 0 aliphatic carbocycles. The molecule has 0 aromatic heterocycles. The van der Waals surface area contributed by atoms with Gasteiger partial charge in [0.1, 0.15) is 11.6 Å².